The quantitative estimate of drug-likeness (QED) is 0.688. The van der Waals surface area contributed by atoms with Crippen molar-refractivity contribution in [1.29, 1.82) is 0 Å². The number of hydrogen-bond acceptors (Lipinski definition) is 4. The molecule has 0 bridgehead atoms. The summed E-state index contributed by atoms with van der Waals surface area (Å²) in [7, 11) is 3.06. The molecule has 136 valence electrons. The van der Waals surface area contributed by atoms with Crippen molar-refractivity contribution in [3.8, 4) is 0 Å². The van der Waals surface area contributed by atoms with Crippen LogP contribution in [0.1, 0.15) is 33.9 Å². The van der Waals surface area contributed by atoms with Crippen LogP contribution >= 0.6 is 0 Å². The van der Waals surface area contributed by atoms with E-state index in [1.165, 1.54) is 7.11 Å². The second kappa shape index (κ2) is 7.47. The maximum absolute atomic E-state index is 12.4. The molecule has 2 aromatic heterocycles. The van der Waals surface area contributed by atoms with Crippen LogP contribution < -0.4 is 0 Å². The van der Waals surface area contributed by atoms with E-state index in [0.29, 0.717) is 36.5 Å². The van der Waals surface area contributed by atoms with Crippen molar-refractivity contribution < 1.29 is 18.7 Å². The van der Waals surface area contributed by atoms with Gasteiger partial charge in [-0.05, 0) is 31.0 Å². The highest BCUT2D eigenvalue weighted by Crippen LogP contribution is 2.20. The number of aromatic amines is 1. The van der Waals surface area contributed by atoms with Crippen molar-refractivity contribution in [2.75, 3.05) is 14.2 Å². The molecule has 3 aromatic rings. The Labute approximate surface area is 151 Å². The Kier molecular flexibility index (Phi) is 5.11. The molecular weight excluding hydrogens is 332 g/mol. The number of methoxy groups -OCH3 is 1. The van der Waals surface area contributed by atoms with Crippen LogP contribution in [0.4, 0.5) is 0 Å². The first-order valence-electron chi connectivity index (χ1n) is 8.46. The molecule has 6 nitrogen and oxygen atoms in total. The molecule has 1 amide bonds. The number of aromatic nitrogens is 1. The van der Waals surface area contributed by atoms with Gasteiger partial charge in [0.25, 0.3) is 0 Å². The van der Waals surface area contributed by atoms with Gasteiger partial charge in [-0.3, -0.25) is 4.79 Å². The number of nitrogens with one attached hydrogen (secondary N) is 1. The van der Waals surface area contributed by atoms with Crippen LogP contribution in [0.3, 0.4) is 0 Å². The van der Waals surface area contributed by atoms with Crippen molar-refractivity contribution in [2.45, 2.75) is 26.3 Å². The number of amides is 1. The molecule has 1 N–H and O–H groups in total. The number of H-pyrrole nitrogens is 1. The monoisotopic (exact) mass is 354 g/mol. The van der Waals surface area contributed by atoms with E-state index in [-0.39, 0.29) is 5.91 Å². The fourth-order valence-corrected chi connectivity index (χ4v) is 3.03. The molecule has 0 aliphatic heterocycles. The first-order chi connectivity index (χ1) is 12.5. The van der Waals surface area contributed by atoms with E-state index < -0.39 is 5.97 Å². The lowest BCUT2D eigenvalue weighted by Gasteiger charge is -2.15. The zero-order valence-corrected chi connectivity index (χ0v) is 15.2. The second-order valence-electron chi connectivity index (χ2n) is 6.28. The Morgan fingerprint density at radius 3 is 2.81 bits per heavy atom. The number of fused-ring (bicyclic) bond motifs is 1. The number of hydrogen-bond donors (Lipinski definition) is 1. The van der Waals surface area contributed by atoms with E-state index >= 15 is 0 Å². The Hall–Kier alpha value is -3.02. The molecule has 2 heterocycles. The fraction of sp³-hybridized carbons (Fsp3) is 0.300. The van der Waals surface area contributed by atoms with Crippen LogP contribution in [0.5, 0.6) is 0 Å². The highest BCUT2D eigenvalue weighted by atomic mass is 16.5. The largest absolute Gasteiger partial charge is 0.465 e. The number of carbonyl (C=O) groups is 2. The molecule has 0 aliphatic carbocycles. The van der Waals surface area contributed by atoms with Crippen LogP contribution in [0.2, 0.25) is 0 Å². The molecule has 0 atom stereocenters. The Morgan fingerprint density at radius 2 is 2.04 bits per heavy atom. The Morgan fingerprint density at radius 1 is 1.27 bits per heavy atom. The van der Waals surface area contributed by atoms with Gasteiger partial charge in [-0.15, -0.1) is 0 Å². The fourth-order valence-electron chi connectivity index (χ4n) is 3.03. The normalized spacial score (nSPS) is 10.9. The summed E-state index contributed by atoms with van der Waals surface area (Å²) in [4.78, 5) is 28.9. The van der Waals surface area contributed by atoms with Crippen LogP contribution in [-0.2, 0) is 22.5 Å². The number of nitrogens with zero attached hydrogens (tertiary/aromatic N) is 1. The molecule has 3 rings (SSSR count). The van der Waals surface area contributed by atoms with Gasteiger partial charge in [0, 0.05) is 30.6 Å². The Balaban J connectivity index is 1.60. The second-order valence-corrected chi connectivity index (χ2v) is 6.28. The Bertz CT molecular complexity index is 938. The molecule has 0 unspecified atom stereocenters. The van der Waals surface area contributed by atoms with Gasteiger partial charge in [-0.1, -0.05) is 18.2 Å². The molecule has 0 fully saturated rings. The SMILES string of the molecule is COC(=O)c1cc(CN(C)C(=O)CCc2c[nH]c3ccccc23)oc1C. The van der Waals surface area contributed by atoms with E-state index in [0.717, 1.165) is 16.5 Å². The molecule has 1 aromatic carbocycles. The van der Waals surface area contributed by atoms with E-state index in [4.69, 9.17) is 9.15 Å². The zero-order valence-electron chi connectivity index (χ0n) is 15.2. The average Bonchev–Trinajstić information content (AvgIpc) is 3.22. The van der Waals surface area contributed by atoms with Crippen molar-refractivity contribution in [3.63, 3.8) is 0 Å². The minimum atomic E-state index is -0.439. The van der Waals surface area contributed by atoms with E-state index in [1.807, 2.05) is 24.4 Å². The molecule has 0 saturated heterocycles. The molecule has 0 saturated carbocycles. The molecule has 0 radical (unpaired) electrons. The number of para-hydroxylation sites is 1. The van der Waals surface area contributed by atoms with E-state index in [2.05, 4.69) is 11.1 Å². The molecule has 0 spiro atoms. The van der Waals surface area contributed by atoms with Crippen molar-refractivity contribution >= 4 is 22.8 Å². The van der Waals surface area contributed by atoms with Gasteiger partial charge in [0.1, 0.15) is 17.1 Å². The van der Waals surface area contributed by atoms with Crippen LogP contribution in [0.15, 0.2) is 40.9 Å². The topological polar surface area (TPSA) is 75.5 Å². The van der Waals surface area contributed by atoms with Crippen LogP contribution in [-0.4, -0.2) is 35.9 Å². The van der Waals surface area contributed by atoms with Gasteiger partial charge >= 0.3 is 5.97 Å². The third-order valence-electron chi connectivity index (χ3n) is 4.48. The number of esters is 1. The number of aryl methyl sites for hydroxylation is 2. The summed E-state index contributed by atoms with van der Waals surface area (Å²) in [5, 5.41) is 1.15. The first-order valence-corrected chi connectivity index (χ1v) is 8.46. The van der Waals surface area contributed by atoms with Gasteiger partial charge in [0.2, 0.25) is 5.91 Å². The maximum Gasteiger partial charge on any atom is 0.341 e. The first kappa shape index (κ1) is 17.8. The van der Waals surface area contributed by atoms with Gasteiger partial charge in [-0.25, -0.2) is 4.79 Å². The molecule has 6 heteroatoms. The standard InChI is InChI=1S/C20H22N2O4/c1-13-17(20(24)25-3)10-15(26-13)12-22(2)19(23)9-8-14-11-21-18-7-5-4-6-16(14)18/h4-7,10-11,21H,8-9,12H2,1-3H3. The van der Waals surface area contributed by atoms with Crippen LogP contribution in [0.25, 0.3) is 10.9 Å². The predicted molar refractivity (Wildman–Crippen MR) is 97.9 cm³/mol. The summed E-state index contributed by atoms with van der Waals surface area (Å²) in [6.45, 7) is 2.01. The van der Waals surface area contributed by atoms with Crippen molar-refractivity contribution in [3.05, 3.63) is 59.2 Å². The van der Waals surface area contributed by atoms with Crippen molar-refractivity contribution in [1.82, 2.24) is 9.88 Å². The van der Waals surface area contributed by atoms with Gasteiger partial charge < -0.3 is 19.0 Å². The summed E-state index contributed by atoms with van der Waals surface area (Å²) in [6, 6.07) is 9.67. The minimum absolute atomic E-state index is 0.0175. The maximum atomic E-state index is 12.4. The van der Waals surface area contributed by atoms with Crippen molar-refractivity contribution in [2.24, 2.45) is 0 Å². The zero-order chi connectivity index (χ0) is 18.7. The van der Waals surface area contributed by atoms with Gasteiger partial charge in [0.05, 0.1) is 13.7 Å². The lowest BCUT2D eigenvalue weighted by atomic mass is 10.1. The minimum Gasteiger partial charge on any atom is -0.465 e. The highest BCUT2D eigenvalue weighted by molar-refractivity contribution is 5.90. The summed E-state index contributed by atoms with van der Waals surface area (Å²) < 4.78 is 10.3. The van der Waals surface area contributed by atoms with Crippen LogP contribution in [0, 0.1) is 6.92 Å². The molecular formula is C20H22N2O4. The summed E-state index contributed by atoms with van der Waals surface area (Å²) in [5.74, 6) is 0.632. The number of carbonyl (C=O) groups excluding carboxylic acids is 2. The smallest absolute Gasteiger partial charge is 0.341 e. The third kappa shape index (κ3) is 3.64. The average molecular weight is 354 g/mol. The summed E-state index contributed by atoms with van der Waals surface area (Å²) >= 11 is 0. The van der Waals surface area contributed by atoms with Gasteiger partial charge in [0.15, 0.2) is 0 Å². The number of rotatable bonds is 6. The lowest BCUT2D eigenvalue weighted by Crippen LogP contribution is -2.26. The summed E-state index contributed by atoms with van der Waals surface area (Å²) in [6.07, 6.45) is 3.02. The summed E-state index contributed by atoms with van der Waals surface area (Å²) in [5.41, 5.74) is 2.59. The van der Waals surface area contributed by atoms with E-state index in [9.17, 15) is 9.59 Å². The number of benzene rings is 1. The third-order valence-corrected chi connectivity index (χ3v) is 4.48. The lowest BCUT2D eigenvalue weighted by molar-refractivity contribution is -0.130. The number of furan rings is 1. The van der Waals surface area contributed by atoms with Gasteiger partial charge in [-0.2, -0.15) is 0 Å². The number of ether oxygens (including phenoxy) is 1. The van der Waals surface area contributed by atoms with E-state index in [1.54, 1.807) is 24.9 Å². The predicted octanol–water partition coefficient (Wildman–Crippen LogP) is 3.45. The highest BCUT2D eigenvalue weighted by Gasteiger charge is 2.18. The molecule has 0 aliphatic rings. The molecule has 26 heavy (non-hydrogen) atoms.